The molecule has 1 aromatic carbocycles. The Balaban J connectivity index is 2.13. The fourth-order valence-electron chi connectivity index (χ4n) is 1.08. The molecule has 0 saturated carbocycles. The Labute approximate surface area is 84.2 Å². The summed E-state index contributed by atoms with van der Waals surface area (Å²) in [4.78, 5) is 0. The second kappa shape index (κ2) is 6.33. The Morgan fingerprint density at radius 1 is 1.36 bits per heavy atom. The third-order valence-electron chi connectivity index (χ3n) is 1.91. The van der Waals surface area contributed by atoms with Crippen molar-refractivity contribution in [2.75, 3.05) is 6.61 Å². The average Bonchev–Trinajstić information content (AvgIpc) is 2.25. The van der Waals surface area contributed by atoms with E-state index < -0.39 is 6.17 Å². The molecule has 0 aliphatic heterocycles. The van der Waals surface area contributed by atoms with Crippen LogP contribution in [0.2, 0.25) is 0 Å². The van der Waals surface area contributed by atoms with Crippen LogP contribution in [-0.2, 0) is 11.3 Å². The van der Waals surface area contributed by atoms with E-state index in [0.29, 0.717) is 19.6 Å². The van der Waals surface area contributed by atoms with Crippen LogP contribution < -0.4 is 0 Å². The maximum Gasteiger partial charge on any atom is 0.120 e. The maximum absolute atomic E-state index is 12.7. The normalized spacial score (nSPS) is 12.4. The van der Waals surface area contributed by atoms with Gasteiger partial charge in [0.25, 0.3) is 0 Å². The van der Waals surface area contributed by atoms with Gasteiger partial charge >= 0.3 is 0 Å². The van der Waals surface area contributed by atoms with Crippen LogP contribution in [-0.4, -0.2) is 12.8 Å². The van der Waals surface area contributed by atoms with Crippen LogP contribution in [0.25, 0.3) is 0 Å². The number of alkyl halides is 1. The standard InChI is InChI=1S/C12H15FO/c1-2-12(13)8-9-14-10-11-6-4-3-5-7-11/h2-7,12H,1,8-10H2. The van der Waals surface area contributed by atoms with Gasteiger partial charge in [0.15, 0.2) is 0 Å². The lowest BCUT2D eigenvalue weighted by atomic mass is 10.2. The van der Waals surface area contributed by atoms with E-state index in [0.717, 1.165) is 5.56 Å². The molecule has 0 heterocycles. The number of hydrogen-bond donors (Lipinski definition) is 0. The summed E-state index contributed by atoms with van der Waals surface area (Å²) in [6, 6.07) is 9.85. The third kappa shape index (κ3) is 4.19. The van der Waals surface area contributed by atoms with Crippen LogP contribution in [0.4, 0.5) is 4.39 Å². The van der Waals surface area contributed by atoms with Crippen molar-refractivity contribution in [2.24, 2.45) is 0 Å². The van der Waals surface area contributed by atoms with Crippen LogP contribution in [0.1, 0.15) is 12.0 Å². The van der Waals surface area contributed by atoms with Gasteiger partial charge in [-0.25, -0.2) is 4.39 Å². The smallest absolute Gasteiger partial charge is 0.120 e. The van der Waals surface area contributed by atoms with E-state index in [9.17, 15) is 4.39 Å². The van der Waals surface area contributed by atoms with Crippen molar-refractivity contribution < 1.29 is 9.13 Å². The molecule has 1 atom stereocenters. The zero-order chi connectivity index (χ0) is 10.2. The lowest BCUT2D eigenvalue weighted by Crippen LogP contribution is -2.02. The Bertz CT molecular complexity index is 258. The molecule has 76 valence electrons. The Hall–Kier alpha value is -1.15. The van der Waals surface area contributed by atoms with Crippen LogP contribution in [0, 0.1) is 0 Å². The average molecular weight is 194 g/mol. The molecule has 0 amide bonds. The summed E-state index contributed by atoms with van der Waals surface area (Å²) in [5, 5.41) is 0. The number of benzene rings is 1. The number of allylic oxidation sites excluding steroid dienone is 1. The van der Waals surface area contributed by atoms with Crippen LogP contribution >= 0.6 is 0 Å². The molecule has 1 rings (SSSR count). The summed E-state index contributed by atoms with van der Waals surface area (Å²) in [7, 11) is 0. The zero-order valence-corrected chi connectivity index (χ0v) is 8.16. The van der Waals surface area contributed by atoms with Gasteiger partial charge < -0.3 is 4.74 Å². The fourth-order valence-corrected chi connectivity index (χ4v) is 1.08. The van der Waals surface area contributed by atoms with Gasteiger partial charge in [-0.15, -0.1) is 6.58 Å². The number of ether oxygens (including phenoxy) is 1. The summed E-state index contributed by atoms with van der Waals surface area (Å²) in [6.07, 6.45) is 0.730. The molecule has 0 aromatic heterocycles. The van der Waals surface area contributed by atoms with Crippen LogP contribution in [0.15, 0.2) is 43.0 Å². The molecule has 0 aliphatic carbocycles. The molecule has 1 nitrogen and oxygen atoms in total. The first-order valence-corrected chi connectivity index (χ1v) is 4.71. The van der Waals surface area contributed by atoms with Crippen molar-refractivity contribution in [3.63, 3.8) is 0 Å². The quantitative estimate of drug-likeness (QED) is 0.499. The molecule has 0 radical (unpaired) electrons. The summed E-state index contributed by atoms with van der Waals surface area (Å²) < 4.78 is 18.0. The molecular formula is C12H15FO. The lowest BCUT2D eigenvalue weighted by Gasteiger charge is -2.04. The first-order valence-electron chi connectivity index (χ1n) is 4.71. The van der Waals surface area contributed by atoms with E-state index in [1.807, 2.05) is 30.3 Å². The molecule has 0 saturated heterocycles. The van der Waals surface area contributed by atoms with Crippen LogP contribution in [0.3, 0.4) is 0 Å². The van der Waals surface area contributed by atoms with Crippen molar-refractivity contribution in [1.29, 1.82) is 0 Å². The SMILES string of the molecule is C=CC(F)CCOCc1ccccc1. The Morgan fingerprint density at radius 2 is 2.07 bits per heavy atom. The van der Waals surface area contributed by atoms with Gasteiger partial charge in [-0.3, -0.25) is 0 Å². The van der Waals surface area contributed by atoms with Gasteiger partial charge in [-0.05, 0) is 5.56 Å². The number of halogens is 1. The van der Waals surface area contributed by atoms with Gasteiger partial charge in [0.2, 0.25) is 0 Å². The highest BCUT2D eigenvalue weighted by Gasteiger charge is 1.99. The minimum atomic E-state index is -0.953. The minimum Gasteiger partial charge on any atom is -0.377 e. The van der Waals surface area contributed by atoms with Gasteiger partial charge in [0, 0.05) is 6.42 Å². The van der Waals surface area contributed by atoms with Gasteiger partial charge in [0.05, 0.1) is 13.2 Å². The molecule has 0 aliphatic rings. The predicted molar refractivity (Wildman–Crippen MR) is 55.8 cm³/mol. The van der Waals surface area contributed by atoms with Crippen molar-refractivity contribution in [3.8, 4) is 0 Å². The first-order chi connectivity index (χ1) is 6.83. The van der Waals surface area contributed by atoms with Crippen molar-refractivity contribution >= 4 is 0 Å². The molecule has 14 heavy (non-hydrogen) atoms. The van der Waals surface area contributed by atoms with Gasteiger partial charge in [-0.1, -0.05) is 36.4 Å². The molecule has 1 aromatic rings. The second-order valence-corrected chi connectivity index (χ2v) is 3.08. The fraction of sp³-hybridized carbons (Fsp3) is 0.333. The second-order valence-electron chi connectivity index (χ2n) is 3.08. The number of rotatable bonds is 6. The molecule has 2 heteroatoms. The maximum atomic E-state index is 12.7. The zero-order valence-electron chi connectivity index (χ0n) is 8.16. The van der Waals surface area contributed by atoms with Gasteiger partial charge in [0.1, 0.15) is 6.17 Å². The topological polar surface area (TPSA) is 9.23 Å². The molecular weight excluding hydrogens is 179 g/mol. The van der Waals surface area contributed by atoms with Crippen molar-refractivity contribution in [2.45, 2.75) is 19.2 Å². The molecule has 0 spiro atoms. The molecule has 1 unspecified atom stereocenters. The summed E-state index contributed by atoms with van der Waals surface area (Å²) in [5.74, 6) is 0. The summed E-state index contributed by atoms with van der Waals surface area (Å²) >= 11 is 0. The summed E-state index contributed by atoms with van der Waals surface area (Å²) in [5.41, 5.74) is 1.11. The van der Waals surface area contributed by atoms with Gasteiger partial charge in [-0.2, -0.15) is 0 Å². The van der Waals surface area contributed by atoms with E-state index >= 15 is 0 Å². The van der Waals surface area contributed by atoms with Crippen LogP contribution in [0.5, 0.6) is 0 Å². The lowest BCUT2D eigenvalue weighted by molar-refractivity contribution is 0.106. The van der Waals surface area contributed by atoms with E-state index in [2.05, 4.69) is 6.58 Å². The van der Waals surface area contributed by atoms with E-state index in [-0.39, 0.29) is 0 Å². The number of hydrogen-bond acceptors (Lipinski definition) is 1. The highest BCUT2D eigenvalue weighted by Crippen LogP contribution is 2.03. The highest BCUT2D eigenvalue weighted by molar-refractivity contribution is 5.13. The summed E-state index contributed by atoms with van der Waals surface area (Å²) in [6.45, 7) is 4.35. The molecule has 0 fully saturated rings. The Kier molecular flexibility index (Phi) is 4.94. The molecule has 0 bridgehead atoms. The van der Waals surface area contributed by atoms with E-state index in [1.165, 1.54) is 6.08 Å². The largest absolute Gasteiger partial charge is 0.377 e. The Morgan fingerprint density at radius 3 is 2.71 bits per heavy atom. The first kappa shape index (κ1) is 10.9. The van der Waals surface area contributed by atoms with Crippen molar-refractivity contribution in [1.82, 2.24) is 0 Å². The molecule has 0 N–H and O–H groups in total. The predicted octanol–water partition coefficient (Wildman–Crippen LogP) is 3.12. The van der Waals surface area contributed by atoms with E-state index in [4.69, 9.17) is 4.74 Å². The van der Waals surface area contributed by atoms with E-state index in [1.54, 1.807) is 0 Å². The van der Waals surface area contributed by atoms with Crippen molar-refractivity contribution in [3.05, 3.63) is 48.6 Å². The third-order valence-corrected chi connectivity index (χ3v) is 1.91. The minimum absolute atomic E-state index is 0.385. The highest BCUT2D eigenvalue weighted by atomic mass is 19.1. The monoisotopic (exact) mass is 194 g/mol.